The number of hydrogen-bond acceptors (Lipinski definition) is 5. The lowest BCUT2D eigenvalue weighted by Crippen LogP contribution is -2.49. The van der Waals surface area contributed by atoms with Gasteiger partial charge < -0.3 is 9.64 Å². The summed E-state index contributed by atoms with van der Waals surface area (Å²) in [4.78, 5) is 22.7. The summed E-state index contributed by atoms with van der Waals surface area (Å²) in [5.74, 6) is 1.00. The Labute approximate surface area is 188 Å². The van der Waals surface area contributed by atoms with Crippen LogP contribution in [0.2, 0.25) is 0 Å². The summed E-state index contributed by atoms with van der Waals surface area (Å²) in [6.45, 7) is 4.37. The highest BCUT2D eigenvalue weighted by Gasteiger charge is 2.22. The molecular weight excluding hydrogens is 406 g/mol. The minimum absolute atomic E-state index is 0.115. The average Bonchev–Trinajstić information content (AvgIpc) is 2.84. The number of benzene rings is 2. The number of nitrogens with zero attached hydrogens (tertiary/aromatic N) is 3. The standard InChI is InChI=1S/C25H27N3O2S/c1-30-22-9-5-20(6-10-22)13-15-27-16-18-28(19-17-27)25(29)21-7-11-23(12-8-21)31-24-4-2-3-14-26-24/h2-12,14H,13,15-19H2,1H3. The molecule has 1 aliphatic heterocycles. The van der Waals surface area contributed by atoms with Gasteiger partial charge in [-0.1, -0.05) is 30.0 Å². The molecule has 1 fully saturated rings. The lowest BCUT2D eigenvalue weighted by Gasteiger charge is -2.34. The summed E-state index contributed by atoms with van der Waals surface area (Å²) in [5, 5.41) is 0.951. The van der Waals surface area contributed by atoms with Crippen LogP contribution in [0.25, 0.3) is 0 Å². The zero-order chi connectivity index (χ0) is 21.5. The molecule has 0 atom stereocenters. The molecule has 4 rings (SSSR count). The molecule has 2 heterocycles. The first-order valence-corrected chi connectivity index (χ1v) is 11.4. The minimum Gasteiger partial charge on any atom is -0.497 e. The van der Waals surface area contributed by atoms with Gasteiger partial charge in [0.1, 0.15) is 10.8 Å². The molecule has 5 nitrogen and oxygen atoms in total. The van der Waals surface area contributed by atoms with Crippen LogP contribution in [0.4, 0.5) is 0 Å². The van der Waals surface area contributed by atoms with Crippen molar-refractivity contribution in [3.05, 3.63) is 84.1 Å². The molecule has 1 aromatic heterocycles. The largest absolute Gasteiger partial charge is 0.497 e. The van der Waals surface area contributed by atoms with E-state index in [2.05, 4.69) is 22.0 Å². The molecule has 0 saturated carbocycles. The normalized spacial score (nSPS) is 14.4. The molecule has 2 aromatic carbocycles. The fraction of sp³-hybridized carbons (Fsp3) is 0.280. The third-order valence-corrected chi connectivity index (χ3v) is 6.46. The molecule has 1 aliphatic rings. The van der Waals surface area contributed by atoms with Gasteiger partial charge in [-0.15, -0.1) is 0 Å². The van der Waals surface area contributed by atoms with Crippen LogP contribution in [0.15, 0.2) is 82.8 Å². The second kappa shape index (κ2) is 10.5. The molecule has 0 spiro atoms. The van der Waals surface area contributed by atoms with Crippen molar-refractivity contribution in [2.24, 2.45) is 0 Å². The molecule has 3 aromatic rings. The number of carbonyl (C=O) groups excluding carboxylic acids is 1. The van der Waals surface area contributed by atoms with Gasteiger partial charge in [0.25, 0.3) is 5.91 Å². The number of ether oxygens (including phenoxy) is 1. The fourth-order valence-corrected chi connectivity index (χ4v) is 4.40. The van der Waals surface area contributed by atoms with E-state index in [-0.39, 0.29) is 5.91 Å². The highest BCUT2D eigenvalue weighted by atomic mass is 32.2. The van der Waals surface area contributed by atoms with Gasteiger partial charge in [-0.2, -0.15) is 0 Å². The Kier molecular flexibility index (Phi) is 7.22. The van der Waals surface area contributed by atoms with Gasteiger partial charge in [-0.3, -0.25) is 9.69 Å². The van der Waals surface area contributed by atoms with Crippen molar-refractivity contribution < 1.29 is 9.53 Å². The van der Waals surface area contributed by atoms with E-state index < -0.39 is 0 Å². The highest BCUT2D eigenvalue weighted by Crippen LogP contribution is 2.26. The second-order valence-corrected chi connectivity index (χ2v) is 8.62. The molecule has 0 unspecified atom stereocenters. The first kappa shape index (κ1) is 21.4. The van der Waals surface area contributed by atoms with E-state index in [1.807, 2.05) is 59.5 Å². The Morgan fingerprint density at radius 3 is 2.35 bits per heavy atom. The Morgan fingerprint density at radius 2 is 1.71 bits per heavy atom. The molecule has 1 saturated heterocycles. The van der Waals surface area contributed by atoms with Gasteiger partial charge in [-0.25, -0.2) is 4.98 Å². The lowest BCUT2D eigenvalue weighted by molar-refractivity contribution is 0.0638. The van der Waals surface area contributed by atoms with E-state index >= 15 is 0 Å². The van der Waals surface area contributed by atoms with E-state index in [4.69, 9.17) is 4.74 Å². The number of hydrogen-bond donors (Lipinski definition) is 0. The summed E-state index contributed by atoms with van der Waals surface area (Å²) < 4.78 is 5.22. The van der Waals surface area contributed by atoms with Crippen LogP contribution in [-0.2, 0) is 6.42 Å². The third kappa shape index (κ3) is 5.87. The lowest BCUT2D eigenvalue weighted by atomic mass is 10.1. The van der Waals surface area contributed by atoms with E-state index in [1.165, 1.54) is 5.56 Å². The van der Waals surface area contributed by atoms with Gasteiger partial charge in [0.05, 0.1) is 7.11 Å². The van der Waals surface area contributed by atoms with E-state index in [1.54, 1.807) is 25.1 Å². The maximum Gasteiger partial charge on any atom is 0.253 e. The predicted octanol–water partition coefficient (Wildman–Crippen LogP) is 4.24. The van der Waals surface area contributed by atoms with Gasteiger partial charge >= 0.3 is 0 Å². The van der Waals surface area contributed by atoms with E-state index in [0.29, 0.717) is 0 Å². The molecule has 0 radical (unpaired) electrons. The van der Waals surface area contributed by atoms with Crippen molar-refractivity contribution in [3.63, 3.8) is 0 Å². The number of rotatable bonds is 7. The van der Waals surface area contributed by atoms with Gasteiger partial charge in [0, 0.05) is 49.4 Å². The number of amides is 1. The van der Waals surface area contributed by atoms with Crippen molar-refractivity contribution in [2.75, 3.05) is 39.8 Å². The molecule has 6 heteroatoms. The SMILES string of the molecule is COc1ccc(CCN2CCN(C(=O)c3ccc(Sc4ccccn4)cc3)CC2)cc1. The quantitative estimate of drug-likeness (QED) is 0.558. The zero-order valence-corrected chi connectivity index (χ0v) is 18.6. The molecule has 0 N–H and O–H groups in total. The number of carbonyl (C=O) groups is 1. The Bertz CT molecular complexity index is 970. The summed E-state index contributed by atoms with van der Waals surface area (Å²) in [6.07, 6.45) is 2.80. The first-order valence-electron chi connectivity index (χ1n) is 10.5. The van der Waals surface area contributed by atoms with Gasteiger partial charge in [0.15, 0.2) is 0 Å². The van der Waals surface area contributed by atoms with Gasteiger partial charge in [0.2, 0.25) is 0 Å². The number of pyridine rings is 1. The minimum atomic E-state index is 0.115. The van der Waals surface area contributed by atoms with Crippen LogP contribution < -0.4 is 4.74 Å². The number of aromatic nitrogens is 1. The van der Waals surface area contributed by atoms with Crippen molar-refractivity contribution in [1.82, 2.24) is 14.8 Å². The van der Waals surface area contributed by atoms with Crippen LogP contribution in [0.1, 0.15) is 15.9 Å². The predicted molar refractivity (Wildman–Crippen MR) is 124 cm³/mol. The summed E-state index contributed by atoms with van der Waals surface area (Å²) >= 11 is 1.60. The zero-order valence-electron chi connectivity index (χ0n) is 17.7. The maximum absolute atomic E-state index is 12.9. The van der Waals surface area contributed by atoms with Crippen LogP contribution in [0, 0.1) is 0 Å². The molecule has 0 bridgehead atoms. The second-order valence-electron chi connectivity index (χ2n) is 7.53. The first-order chi connectivity index (χ1) is 15.2. The van der Waals surface area contributed by atoms with Crippen molar-refractivity contribution in [3.8, 4) is 5.75 Å². The highest BCUT2D eigenvalue weighted by molar-refractivity contribution is 7.99. The van der Waals surface area contributed by atoms with Crippen molar-refractivity contribution in [2.45, 2.75) is 16.3 Å². The Balaban J connectivity index is 1.25. The van der Waals surface area contributed by atoms with E-state index in [9.17, 15) is 4.79 Å². The molecule has 0 aliphatic carbocycles. The summed E-state index contributed by atoms with van der Waals surface area (Å²) in [7, 11) is 1.69. The average molecular weight is 434 g/mol. The smallest absolute Gasteiger partial charge is 0.253 e. The van der Waals surface area contributed by atoms with Crippen molar-refractivity contribution in [1.29, 1.82) is 0 Å². The number of methoxy groups -OCH3 is 1. The van der Waals surface area contributed by atoms with Crippen LogP contribution in [0.3, 0.4) is 0 Å². The van der Waals surface area contributed by atoms with Crippen molar-refractivity contribution >= 4 is 17.7 Å². The molecular formula is C25H27N3O2S. The van der Waals surface area contributed by atoms with Crippen LogP contribution >= 0.6 is 11.8 Å². The summed E-state index contributed by atoms with van der Waals surface area (Å²) in [6, 6.07) is 22.0. The molecule has 160 valence electrons. The fourth-order valence-electron chi connectivity index (χ4n) is 3.63. The Morgan fingerprint density at radius 1 is 0.968 bits per heavy atom. The monoisotopic (exact) mass is 433 g/mol. The van der Waals surface area contributed by atoms with Gasteiger partial charge in [-0.05, 0) is 60.5 Å². The van der Waals surface area contributed by atoms with E-state index in [0.717, 1.165) is 60.4 Å². The Hall–Kier alpha value is -2.83. The van der Waals surface area contributed by atoms with Crippen LogP contribution in [-0.4, -0.2) is 60.5 Å². The van der Waals surface area contributed by atoms with Crippen LogP contribution in [0.5, 0.6) is 5.75 Å². The third-order valence-electron chi connectivity index (χ3n) is 5.50. The number of piperazine rings is 1. The maximum atomic E-state index is 12.9. The molecule has 1 amide bonds. The topological polar surface area (TPSA) is 45.7 Å². The molecule has 31 heavy (non-hydrogen) atoms. The summed E-state index contributed by atoms with van der Waals surface area (Å²) in [5.41, 5.74) is 2.06.